The first-order valence-corrected chi connectivity index (χ1v) is 6.23. The fourth-order valence-corrected chi connectivity index (χ4v) is 1.82. The van der Waals surface area contributed by atoms with E-state index >= 15 is 0 Å². The molecule has 2 N–H and O–H groups in total. The van der Waals surface area contributed by atoms with Crippen LogP contribution in [0.2, 0.25) is 5.02 Å². The number of hydrogen-bond donors (Lipinski definition) is 2. The van der Waals surface area contributed by atoms with Crippen molar-refractivity contribution < 1.29 is 14.8 Å². The quantitative estimate of drug-likeness (QED) is 0.619. The smallest absolute Gasteiger partial charge is 0.282 e. The second-order valence-electron chi connectivity index (χ2n) is 4.01. The van der Waals surface area contributed by atoms with Gasteiger partial charge in [-0.25, -0.2) is 0 Å². The van der Waals surface area contributed by atoms with E-state index in [1.807, 2.05) is 6.92 Å². The minimum atomic E-state index is -0.627. The number of benzene rings is 1. The molecule has 0 spiro atoms. The van der Waals surface area contributed by atoms with Crippen molar-refractivity contribution in [2.75, 3.05) is 6.61 Å². The third kappa shape index (κ3) is 4.18. The number of carbonyl (C=O) groups is 1. The van der Waals surface area contributed by atoms with Gasteiger partial charge in [-0.05, 0) is 25.0 Å². The van der Waals surface area contributed by atoms with Gasteiger partial charge in [-0.2, -0.15) is 0 Å². The highest BCUT2D eigenvalue weighted by molar-refractivity contribution is 6.31. The second-order valence-corrected chi connectivity index (χ2v) is 4.45. The van der Waals surface area contributed by atoms with Crippen molar-refractivity contribution in [1.29, 1.82) is 0 Å². The summed E-state index contributed by atoms with van der Waals surface area (Å²) in [5, 5.41) is 22.6. The van der Waals surface area contributed by atoms with E-state index in [4.69, 9.17) is 16.7 Å². The van der Waals surface area contributed by atoms with Crippen LogP contribution in [-0.2, 0) is 0 Å². The largest absolute Gasteiger partial charge is 0.396 e. The first-order chi connectivity index (χ1) is 8.99. The summed E-state index contributed by atoms with van der Waals surface area (Å²) in [4.78, 5) is 22.2. The number of aliphatic hydroxyl groups is 1. The van der Waals surface area contributed by atoms with Crippen LogP contribution >= 0.6 is 11.6 Å². The van der Waals surface area contributed by atoms with Crippen molar-refractivity contribution in [2.24, 2.45) is 0 Å². The van der Waals surface area contributed by atoms with Gasteiger partial charge in [-0.15, -0.1) is 0 Å². The SMILES string of the molecule is CCC(CCO)NC(=O)c1cc(Cl)ccc1[N+](=O)[O-]. The topological polar surface area (TPSA) is 92.5 Å². The van der Waals surface area contributed by atoms with Gasteiger partial charge in [0.05, 0.1) is 4.92 Å². The minimum Gasteiger partial charge on any atom is -0.396 e. The van der Waals surface area contributed by atoms with Gasteiger partial charge in [-0.1, -0.05) is 18.5 Å². The number of hydrogen-bond acceptors (Lipinski definition) is 4. The van der Waals surface area contributed by atoms with Gasteiger partial charge in [0.1, 0.15) is 5.56 Å². The van der Waals surface area contributed by atoms with Crippen molar-refractivity contribution >= 4 is 23.2 Å². The number of nitrogens with zero attached hydrogens (tertiary/aromatic N) is 1. The Balaban J connectivity index is 2.98. The van der Waals surface area contributed by atoms with Crippen molar-refractivity contribution in [1.82, 2.24) is 5.32 Å². The van der Waals surface area contributed by atoms with Crippen LogP contribution in [-0.4, -0.2) is 28.6 Å². The summed E-state index contributed by atoms with van der Waals surface area (Å²) in [5.74, 6) is -0.561. The van der Waals surface area contributed by atoms with Crippen LogP contribution in [0.1, 0.15) is 30.1 Å². The Morgan fingerprint density at radius 2 is 2.26 bits per heavy atom. The van der Waals surface area contributed by atoms with Gasteiger partial charge in [0.25, 0.3) is 11.6 Å². The number of carbonyl (C=O) groups excluding carboxylic acids is 1. The summed E-state index contributed by atoms with van der Waals surface area (Å²) in [6.45, 7) is 1.80. The van der Waals surface area contributed by atoms with Crippen LogP contribution in [0.25, 0.3) is 0 Å². The summed E-state index contributed by atoms with van der Waals surface area (Å²) >= 11 is 5.75. The van der Waals surface area contributed by atoms with E-state index in [-0.39, 0.29) is 28.9 Å². The van der Waals surface area contributed by atoms with Crippen LogP contribution in [0, 0.1) is 10.1 Å². The lowest BCUT2D eigenvalue weighted by Crippen LogP contribution is -2.35. The fourth-order valence-electron chi connectivity index (χ4n) is 1.65. The van der Waals surface area contributed by atoms with E-state index in [0.29, 0.717) is 12.8 Å². The number of nitro groups is 1. The highest BCUT2D eigenvalue weighted by atomic mass is 35.5. The number of halogens is 1. The molecule has 0 radical (unpaired) electrons. The molecule has 6 nitrogen and oxygen atoms in total. The molecule has 0 aromatic heterocycles. The molecule has 1 aromatic rings. The molecule has 0 heterocycles. The van der Waals surface area contributed by atoms with Crippen LogP contribution in [0.15, 0.2) is 18.2 Å². The number of amides is 1. The molecule has 0 saturated carbocycles. The number of aliphatic hydroxyl groups excluding tert-OH is 1. The fraction of sp³-hybridized carbons (Fsp3) is 0.417. The average molecular weight is 287 g/mol. The first kappa shape index (κ1) is 15.4. The molecule has 0 aliphatic heterocycles. The van der Waals surface area contributed by atoms with Crippen molar-refractivity contribution in [2.45, 2.75) is 25.8 Å². The zero-order chi connectivity index (χ0) is 14.4. The van der Waals surface area contributed by atoms with Crippen LogP contribution in [0.3, 0.4) is 0 Å². The van der Waals surface area contributed by atoms with Crippen LogP contribution < -0.4 is 5.32 Å². The van der Waals surface area contributed by atoms with E-state index < -0.39 is 10.8 Å². The lowest BCUT2D eigenvalue weighted by atomic mass is 10.1. The molecule has 1 aromatic carbocycles. The Kier molecular flexibility index (Phi) is 5.72. The maximum absolute atomic E-state index is 12.0. The molecule has 0 fully saturated rings. The molecule has 0 aliphatic carbocycles. The van der Waals surface area contributed by atoms with Gasteiger partial charge in [0.15, 0.2) is 0 Å². The second kappa shape index (κ2) is 7.06. The monoisotopic (exact) mass is 286 g/mol. The molecule has 0 aliphatic rings. The molecule has 19 heavy (non-hydrogen) atoms. The molecule has 0 bridgehead atoms. The van der Waals surface area contributed by atoms with Gasteiger partial charge >= 0.3 is 0 Å². The van der Waals surface area contributed by atoms with Gasteiger partial charge in [0, 0.05) is 23.7 Å². The van der Waals surface area contributed by atoms with Gasteiger partial charge < -0.3 is 10.4 Å². The maximum atomic E-state index is 12.0. The van der Waals surface area contributed by atoms with E-state index in [9.17, 15) is 14.9 Å². The highest BCUT2D eigenvalue weighted by Crippen LogP contribution is 2.22. The molecule has 1 amide bonds. The normalized spacial score (nSPS) is 11.9. The van der Waals surface area contributed by atoms with E-state index in [1.54, 1.807) is 0 Å². The molecule has 104 valence electrons. The first-order valence-electron chi connectivity index (χ1n) is 5.85. The van der Waals surface area contributed by atoms with Crippen molar-refractivity contribution in [3.8, 4) is 0 Å². The summed E-state index contributed by atoms with van der Waals surface area (Å²) in [6.07, 6.45) is 1.03. The minimum absolute atomic E-state index is 0.0591. The van der Waals surface area contributed by atoms with Crippen LogP contribution in [0.4, 0.5) is 5.69 Å². The molecule has 1 atom stereocenters. The van der Waals surface area contributed by atoms with Crippen molar-refractivity contribution in [3.05, 3.63) is 38.9 Å². The Bertz CT molecular complexity index is 479. The molecule has 7 heteroatoms. The molecular formula is C12H15ClN2O4. The van der Waals surface area contributed by atoms with Gasteiger partial charge in [-0.3, -0.25) is 14.9 Å². The summed E-state index contributed by atoms with van der Waals surface area (Å²) in [6, 6.07) is 3.60. The molecule has 0 saturated heterocycles. The van der Waals surface area contributed by atoms with Crippen LogP contribution in [0.5, 0.6) is 0 Å². The summed E-state index contributed by atoms with van der Waals surface area (Å²) < 4.78 is 0. The van der Waals surface area contributed by atoms with Crippen molar-refractivity contribution in [3.63, 3.8) is 0 Å². The zero-order valence-electron chi connectivity index (χ0n) is 10.4. The lowest BCUT2D eigenvalue weighted by molar-refractivity contribution is -0.385. The van der Waals surface area contributed by atoms with E-state index in [1.165, 1.54) is 18.2 Å². The Morgan fingerprint density at radius 3 is 2.79 bits per heavy atom. The summed E-state index contributed by atoms with van der Waals surface area (Å²) in [5.41, 5.74) is -0.366. The Hall–Kier alpha value is -1.66. The standard InChI is InChI=1S/C12H15ClN2O4/c1-2-9(5-6-16)14-12(17)10-7-8(13)3-4-11(10)15(18)19/h3-4,7,9,16H,2,5-6H2,1H3,(H,14,17). The number of rotatable bonds is 6. The number of nitrogens with one attached hydrogen (secondary N) is 1. The number of nitro benzene ring substituents is 1. The maximum Gasteiger partial charge on any atom is 0.282 e. The van der Waals surface area contributed by atoms with E-state index in [2.05, 4.69) is 5.32 Å². The van der Waals surface area contributed by atoms with E-state index in [0.717, 1.165) is 0 Å². The molecular weight excluding hydrogens is 272 g/mol. The highest BCUT2D eigenvalue weighted by Gasteiger charge is 2.22. The average Bonchev–Trinajstić information content (AvgIpc) is 2.37. The molecule has 1 rings (SSSR count). The predicted octanol–water partition coefficient (Wildman–Crippen LogP) is 2.14. The molecule has 1 unspecified atom stereocenters. The third-order valence-corrected chi connectivity index (χ3v) is 2.94. The lowest BCUT2D eigenvalue weighted by Gasteiger charge is -2.15. The predicted molar refractivity (Wildman–Crippen MR) is 71.4 cm³/mol. The third-order valence-electron chi connectivity index (χ3n) is 2.71. The summed E-state index contributed by atoms with van der Waals surface area (Å²) in [7, 11) is 0. The Labute approximate surface area is 115 Å². The Morgan fingerprint density at radius 1 is 1.58 bits per heavy atom. The zero-order valence-corrected chi connectivity index (χ0v) is 11.2. The van der Waals surface area contributed by atoms with Gasteiger partial charge in [0.2, 0.25) is 0 Å².